The lowest BCUT2D eigenvalue weighted by Crippen LogP contribution is -2.50. The van der Waals surface area contributed by atoms with Gasteiger partial charge in [-0.15, -0.1) is 0 Å². The highest BCUT2D eigenvalue weighted by molar-refractivity contribution is 5.94. The number of amides is 3. The van der Waals surface area contributed by atoms with Gasteiger partial charge in [-0.05, 0) is 32.1 Å². The minimum atomic E-state index is -0.928. The van der Waals surface area contributed by atoms with E-state index in [9.17, 15) is 14.4 Å². The molecule has 6 heteroatoms. The van der Waals surface area contributed by atoms with Crippen molar-refractivity contribution < 1.29 is 19.5 Å². The number of hydrogen-bond donors (Lipinski definition) is 2. The maximum Gasteiger partial charge on any atom is 0.324 e. The molecule has 1 heterocycles. The summed E-state index contributed by atoms with van der Waals surface area (Å²) >= 11 is 0. The second-order valence-electron chi connectivity index (χ2n) is 5.23. The topological polar surface area (TPSA) is 86.7 Å². The zero-order valence-corrected chi connectivity index (χ0v) is 12.1. The molecule has 1 saturated heterocycles. The van der Waals surface area contributed by atoms with Gasteiger partial charge in [-0.25, -0.2) is 4.79 Å². The summed E-state index contributed by atoms with van der Waals surface area (Å²) in [5, 5.41) is 10.9. The van der Waals surface area contributed by atoms with E-state index in [-0.39, 0.29) is 31.3 Å². The lowest BCUT2D eigenvalue weighted by molar-refractivity contribution is -0.137. The first-order valence-electron chi connectivity index (χ1n) is 7.36. The number of urea groups is 1. The Labute approximate surface area is 119 Å². The summed E-state index contributed by atoms with van der Waals surface area (Å²) in [5.41, 5.74) is 0. The van der Waals surface area contributed by atoms with E-state index in [2.05, 4.69) is 12.2 Å². The molecule has 1 fully saturated rings. The largest absolute Gasteiger partial charge is 0.481 e. The monoisotopic (exact) mass is 284 g/mol. The van der Waals surface area contributed by atoms with Gasteiger partial charge in [-0.3, -0.25) is 14.9 Å². The van der Waals surface area contributed by atoms with Crippen molar-refractivity contribution in [3.8, 4) is 0 Å². The third-order valence-electron chi connectivity index (χ3n) is 3.55. The molecule has 0 saturated carbocycles. The molecule has 1 rings (SSSR count). The van der Waals surface area contributed by atoms with Crippen LogP contribution in [0.15, 0.2) is 0 Å². The molecule has 6 nitrogen and oxygen atoms in total. The number of rotatable bonds is 6. The first kappa shape index (κ1) is 16.5. The Morgan fingerprint density at radius 3 is 2.65 bits per heavy atom. The smallest absolute Gasteiger partial charge is 0.324 e. The molecule has 0 aromatic carbocycles. The fourth-order valence-electron chi connectivity index (χ4n) is 2.56. The highest BCUT2D eigenvalue weighted by Crippen LogP contribution is 2.20. The maximum absolute atomic E-state index is 12.1. The number of piperidine rings is 1. The van der Waals surface area contributed by atoms with Crippen LogP contribution in [0.3, 0.4) is 0 Å². The second-order valence-corrected chi connectivity index (χ2v) is 5.23. The van der Waals surface area contributed by atoms with Crippen molar-refractivity contribution >= 4 is 17.9 Å². The van der Waals surface area contributed by atoms with Crippen molar-refractivity contribution in [2.75, 3.05) is 6.54 Å². The van der Waals surface area contributed by atoms with E-state index in [4.69, 9.17) is 5.11 Å². The van der Waals surface area contributed by atoms with Crippen LogP contribution in [-0.2, 0) is 9.59 Å². The van der Waals surface area contributed by atoms with Crippen LogP contribution in [0.25, 0.3) is 0 Å². The van der Waals surface area contributed by atoms with E-state index in [1.54, 1.807) is 4.90 Å². The van der Waals surface area contributed by atoms with Crippen molar-refractivity contribution in [3.05, 3.63) is 0 Å². The molecular formula is C14H24N2O4. The highest BCUT2D eigenvalue weighted by Gasteiger charge is 2.26. The lowest BCUT2D eigenvalue weighted by Gasteiger charge is -2.35. The molecule has 20 heavy (non-hydrogen) atoms. The summed E-state index contributed by atoms with van der Waals surface area (Å²) in [7, 11) is 0. The molecule has 1 unspecified atom stereocenters. The van der Waals surface area contributed by atoms with Gasteiger partial charge in [0.1, 0.15) is 0 Å². The summed E-state index contributed by atoms with van der Waals surface area (Å²) in [6.45, 7) is 2.78. The normalized spacial score (nSPS) is 18.6. The van der Waals surface area contributed by atoms with Crippen molar-refractivity contribution in [1.82, 2.24) is 10.2 Å². The number of carbonyl (C=O) groups is 3. The SMILES string of the molecule is CCCC1CCCCN1C(=O)NC(=O)CCCC(=O)O. The van der Waals surface area contributed by atoms with Crippen LogP contribution in [0.4, 0.5) is 4.79 Å². The average molecular weight is 284 g/mol. The van der Waals surface area contributed by atoms with Crippen LogP contribution >= 0.6 is 0 Å². The zero-order valence-electron chi connectivity index (χ0n) is 12.1. The summed E-state index contributed by atoms with van der Waals surface area (Å²) in [6.07, 6.45) is 5.35. The number of aliphatic carboxylic acids is 1. The molecule has 0 aromatic rings. The maximum atomic E-state index is 12.1. The van der Waals surface area contributed by atoms with E-state index in [1.807, 2.05) is 0 Å². The van der Waals surface area contributed by atoms with E-state index in [1.165, 1.54) is 0 Å². The van der Waals surface area contributed by atoms with Crippen LogP contribution in [0.5, 0.6) is 0 Å². The molecule has 114 valence electrons. The Morgan fingerprint density at radius 2 is 2.00 bits per heavy atom. The number of hydrogen-bond acceptors (Lipinski definition) is 3. The minimum Gasteiger partial charge on any atom is -0.481 e. The summed E-state index contributed by atoms with van der Waals surface area (Å²) in [4.78, 5) is 35.8. The number of carboxylic acid groups (broad SMARTS) is 1. The van der Waals surface area contributed by atoms with Crippen LogP contribution in [0.2, 0.25) is 0 Å². The third kappa shape index (κ3) is 5.59. The molecule has 1 aliphatic rings. The van der Waals surface area contributed by atoms with Crippen molar-refractivity contribution in [2.24, 2.45) is 0 Å². The molecule has 3 amide bonds. The van der Waals surface area contributed by atoms with Crippen molar-refractivity contribution in [3.63, 3.8) is 0 Å². The first-order valence-corrected chi connectivity index (χ1v) is 7.36. The van der Waals surface area contributed by atoms with E-state index in [0.717, 1.165) is 32.1 Å². The van der Waals surface area contributed by atoms with Gasteiger partial charge in [0.25, 0.3) is 0 Å². The number of likely N-dealkylation sites (tertiary alicyclic amines) is 1. The number of nitrogens with zero attached hydrogens (tertiary/aromatic N) is 1. The Balaban J connectivity index is 2.39. The first-order chi connectivity index (χ1) is 9.54. The quantitative estimate of drug-likeness (QED) is 0.782. The number of carboxylic acids is 1. The third-order valence-corrected chi connectivity index (χ3v) is 3.55. The van der Waals surface area contributed by atoms with Gasteiger partial charge in [-0.2, -0.15) is 0 Å². The fraction of sp³-hybridized carbons (Fsp3) is 0.786. The zero-order chi connectivity index (χ0) is 15.0. The molecule has 0 bridgehead atoms. The summed E-state index contributed by atoms with van der Waals surface area (Å²) in [5.74, 6) is -1.32. The standard InChI is InChI=1S/C14H24N2O4/c1-2-6-11-7-3-4-10-16(11)14(20)15-12(17)8-5-9-13(18)19/h11H,2-10H2,1H3,(H,18,19)(H,15,17,20). The van der Waals surface area contributed by atoms with Gasteiger partial charge in [0, 0.05) is 25.4 Å². The Kier molecular flexibility index (Phi) is 7.04. The molecular weight excluding hydrogens is 260 g/mol. The molecule has 0 aliphatic carbocycles. The van der Waals surface area contributed by atoms with Gasteiger partial charge in [0.05, 0.1) is 0 Å². The van der Waals surface area contributed by atoms with Crippen LogP contribution in [0.1, 0.15) is 58.3 Å². The number of carbonyl (C=O) groups excluding carboxylic acids is 2. The molecule has 1 atom stereocenters. The Bertz CT molecular complexity index is 355. The summed E-state index contributed by atoms with van der Waals surface area (Å²) in [6, 6.07) is -0.107. The van der Waals surface area contributed by atoms with Crippen LogP contribution in [-0.4, -0.2) is 40.5 Å². The molecule has 1 aliphatic heterocycles. The van der Waals surface area contributed by atoms with Gasteiger partial charge < -0.3 is 10.0 Å². The molecule has 0 aromatic heterocycles. The van der Waals surface area contributed by atoms with E-state index in [0.29, 0.717) is 6.54 Å². The van der Waals surface area contributed by atoms with Crippen LogP contribution in [0, 0.1) is 0 Å². The number of imide groups is 1. The van der Waals surface area contributed by atoms with Crippen molar-refractivity contribution in [1.29, 1.82) is 0 Å². The van der Waals surface area contributed by atoms with E-state index >= 15 is 0 Å². The van der Waals surface area contributed by atoms with Gasteiger partial charge in [0.2, 0.25) is 5.91 Å². The predicted molar refractivity (Wildman–Crippen MR) is 74.3 cm³/mol. The van der Waals surface area contributed by atoms with Gasteiger partial charge in [-0.1, -0.05) is 13.3 Å². The van der Waals surface area contributed by atoms with Gasteiger partial charge >= 0.3 is 12.0 Å². The molecule has 0 radical (unpaired) electrons. The fourth-order valence-corrected chi connectivity index (χ4v) is 2.56. The predicted octanol–water partition coefficient (Wildman–Crippen LogP) is 2.13. The highest BCUT2D eigenvalue weighted by atomic mass is 16.4. The molecule has 0 spiro atoms. The summed E-state index contributed by atoms with van der Waals surface area (Å²) < 4.78 is 0. The van der Waals surface area contributed by atoms with Gasteiger partial charge in [0.15, 0.2) is 0 Å². The lowest BCUT2D eigenvalue weighted by atomic mass is 9.99. The second kappa shape index (κ2) is 8.55. The average Bonchev–Trinajstić information content (AvgIpc) is 2.39. The minimum absolute atomic E-state index is 0.0518. The van der Waals surface area contributed by atoms with Crippen LogP contribution < -0.4 is 5.32 Å². The van der Waals surface area contributed by atoms with Crippen molar-refractivity contribution in [2.45, 2.75) is 64.3 Å². The number of nitrogens with one attached hydrogen (secondary N) is 1. The Hall–Kier alpha value is -1.59. The van der Waals surface area contributed by atoms with E-state index < -0.39 is 11.9 Å². The molecule has 2 N–H and O–H groups in total. The Morgan fingerprint density at radius 1 is 1.25 bits per heavy atom.